The molecule has 4 nitrogen and oxygen atoms in total. The summed E-state index contributed by atoms with van der Waals surface area (Å²) in [6.45, 7) is 3.66. The molecule has 5 heteroatoms. The highest BCUT2D eigenvalue weighted by Gasteiger charge is 2.24. The van der Waals surface area contributed by atoms with Gasteiger partial charge in [-0.15, -0.1) is 0 Å². The predicted molar refractivity (Wildman–Crippen MR) is 114 cm³/mol. The number of carbonyl (C=O) groups excluding carboxylic acids is 1. The van der Waals surface area contributed by atoms with Crippen molar-refractivity contribution < 1.29 is 14.6 Å². The molecular formula is C23H24ClNO3. The Morgan fingerprint density at radius 3 is 2.61 bits per heavy atom. The van der Waals surface area contributed by atoms with E-state index in [0.717, 1.165) is 41.8 Å². The Labute approximate surface area is 170 Å². The van der Waals surface area contributed by atoms with Crippen molar-refractivity contribution in [2.24, 2.45) is 0 Å². The standard InChI is InChI=1S/C23H24ClNO3/c1-15-14-20(28-3)22(19(26)9-6-16-4-7-18(24)8-5-16)23(27)21(15)17-10-12-25(2)13-11-17/h4-10,14,27H,11-13H2,1-3H3/b9-6+. The molecule has 0 saturated heterocycles. The Balaban J connectivity index is 2.00. The Bertz CT molecular complexity index is 945. The molecule has 1 aliphatic heterocycles. The molecule has 0 atom stereocenters. The SMILES string of the molecule is COc1cc(C)c(C2=CCN(C)CC2)c(O)c1C(=O)/C=C/c1ccc(Cl)cc1. The first kappa shape index (κ1) is 20.2. The molecule has 0 unspecified atom stereocenters. The van der Waals surface area contributed by atoms with Crippen LogP contribution in [0.15, 0.2) is 42.5 Å². The van der Waals surface area contributed by atoms with Gasteiger partial charge in [0.25, 0.3) is 0 Å². The first-order valence-electron chi connectivity index (χ1n) is 9.17. The van der Waals surface area contributed by atoms with E-state index in [0.29, 0.717) is 10.8 Å². The van der Waals surface area contributed by atoms with Crippen LogP contribution in [0.2, 0.25) is 5.02 Å². The van der Waals surface area contributed by atoms with Gasteiger partial charge >= 0.3 is 0 Å². The van der Waals surface area contributed by atoms with Gasteiger partial charge in [-0.25, -0.2) is 0 Å². The highest BCUT2D eigenvalue weighted by molar-refractivity contribution is 6.30. The second-order valence-electron chi connectivity index (χ2n) is 6.99. The van der Waals surface area contributed by atoms with E-state index in [-0.39, 0.29) is 17.1 Å². The second-order valence-corrected chi connectivity index (χ2v) is 7.42. The number of ether oxygens (including phenoxy) is 1. The molecule has 0 amide bonds. The number of carbonyl (C=O) groups is 1. The highest BCUT2D eigenvalue weighted by Crippen LogP contribution is 2.40. The third-order valence-electron chi connectivity index (χ3n) is 4.96. The number of halogens is 1. The van der Waals surface area contributed by atoms with Crippen molar-refractivity contribution >= 4 is 29.0 Å². The zero-order valence-electron chi connectivity index (χ0n) is 16.3. The molecule has 0 saturated carbocycles. The summed E-state index contributed by atoms with van der Waals surface area (Å²) in [5.41, 5.74) is 3.72. The zero-order valence-corrected chi connectivity index (χ0v) is 17.1. The third-order valence-corrected chi connectivity index (χ3v) is 5.21. The van der Waals surface area contributed by atoms with Gasteiger partial charge in [-0.05, 0) is 61.4 Å². The number of likely N-dealkylation sites (N-methyl/N-ethyl adjacent to an activating group) is 1. The van der Waals surface area contributed by atoms with Crippen LogP contribution < -0.4 is 4.74 Å². The molecule has 0 fully saturated rings. The molecule has 0 aliphatic carbocycles. The number of methoxy groups -OCH3 is 1. The van der Waals surface area contributed by atoms with E-state index in [1.807, 2.05) is 25.1 Å². The fourth-order valence-corrected chi connectivity index (χ4v) is 3.53. The summed E-state index contributed by atoms with van der Waals surface area (Å²) < 4.78 is 5.40. The molecule has 0 bridgehead atoms. The van der Waals surface area contributed by atoms with Gasteiger partial charge < -0.3 is 14.7 Å². The third kappa shape index (κ3) is 4.29. The van der Waals surface area contributed by atoms with Crippen LogP contribution in [-0.4, -0.2) is 43.0 Å². The number of allylic oxidation sites excluding steroid dienone is 1. The van der Waals surface area contributed by atoms with Gasteiger partial charge in [-0.1, -0.05) is 35.9 Å². The number of phenols is 1. The largest absolute Gasteiger partial charge is 0.506 e. The number of phenolic OH excluding ortho intramolecular Hbond substituents is 1. The summed E-state index contributed by atoms with van der Waals surface area (Å²) in [7, 11) is 3.56. The lowest BCUT2D eigenvalue weighted by Crippen LogP contribution is -2.24. The molecule has 3 rings (SSSR count). The van der Waals surface area contributed by atoms with Crippen molar-refractivity contribution in [3.8, 4) is 11.5 Å². The van der Waals surface area contributed by atoms with Gasteiger partial charge in [0.15, 0.2) is 5.78 Å². The summed E-state index contributed by atoms with van der Waals surface area (Å²) in [6, 6.07) is 9.00. The van der Waals surface area contributed by atoms with Gasteiger partial charge in [0.05, 0.1) is 7.11 Å². The normalized spacial score (nSPS) is 14.9. The molecule has 0 aromatic heterocycles. The minimum atomic E-state index is -0.306. The first-order valence-corrected chi connectivity index (χ1v) is 9.55. The van der Waals surface area contributed by atoms with Crippen LogP contribution in [-0.2, 0) is 0 Å². The van der Waals surface area contributed by atoms with E-state index >= 15 is 0 Å². The van der Waals surface area contributed by atoms with Crippen LogP contribution in [0, 0.1) is 6.92 Å². The predicted octanol–water partition coefficient (Wildman–Crippen LogP) is 4.98. The molecule has 146 valence electrons. The number of aromatic hydroxyl groups is 1. The molecule has 1 aliphatic rings. The summed E-state index contributed by atoms with van der Waals surface area (Å²) in [5, 5.41) is 11.6. The van der Waals surface area contributed by atoms with Crippen molar-refractivity contribution in [2.45, 2.75) is 13.3 Å². The van der Waals surface area contributed by atoms with E-state index in [4.69, 9.17) is 16.3 Å². The summed E-state index contributed by atoms with van der Waals surface area (Å²) in [4.78, 5) is 15.1. The molecular weight excluding hydrogens is 374 g/mol. The molecule has 2 aromatic carbocycles. The van der Waals surface area contributed by atoms with Crippen molar-refractivity contribution in [1.29, 1.82) is 0 Å². The van der Waals surface area contributed by atoms with Crippen LogP contribution in [0.1, 0.15) is 33.5 Å². The van der Waals surface area contributed by atoms with Gasteiger partial charge in [0.1, 0.15) is 17.1 Å². The van der Waals surface area contributed by atoms with Gasteiger partial charge in [0, 0.05) is 23.7 Å². The van der Waals surface area contributed by atoms with E-state index in [1.54, 1.807) is 18.2 Å². The molecule has 1 heterocycles. The summed E-state index contributed by atoms with van der Waals surface area (Å²) in [5.74, 6) is 0.0514. The van der Waals surface area contributed by atoms with Crippen LogP contribution in [0.3, 0.4) is 0 Å². The average molecular weight is 398 g/mol. The Morgan fingerprint density at radius 2 is 2.00 bits per heavy atom. The number of benzene rings is 2. The van der Waals surface area contributed by atoms with Crippen LogP contribution in [0.25, 0.3) is 11.6 Å². The smallest absolute Gasteiger partial charge is 0.193 e. The fraction of sp³-hybridized carbons (Fsp3) is 0.261. The summed E-state index contributed by atoms with van der Waals surface area (Å²) in [6.07, 6.45) is 6.08. The maximum atomic E-state index is 12.9. The number of ketones is 1. The average Bonchev–Trinajstić information content (AvgIpc) is 2.68. The van der Waals surface area contributed by atoms with Gasteiger partial charge in [-0.3, -0.25) is 4.79 Å². The minimum Gasteiger partial charge on any atom is -0.506 e. The Kier molecular flexibility index (Phi) is 6.22. The molecule has 1 N–H and O–H groups in total. The van der Waals surface area contributed by atoms with Gasteiger partial charge in [-0.2, -0.15) is 0 Å². The zero-order chi connectivity index (χ0) is 20.3. The number of nitrogens with zero attached hydrogens (tertiary/aromatic N) is 1. The van der Waals surface area contributed by atoms with E-state index in [2.05, 4.69) is 18.0 Å². The quantitative estimate of drug-likeness (QED) is 0.571. The van der Waals surface area contributed by atoms with Crippen LogP contribution in [0.5, 0.6) is 11.5 Å². The maximum absolute atomic E-state index is 12.9. The second kappa shape index (κ2) is 8.63. The molecule has 2 aromatic rings. The minimum absolute atomic E-state index is 0.0154. The van der Waals surface area contributed by atoms with E-state index < -0.39 is 0 Å². The van der Waals surface area contributed by atoms with E-state index in [9.17, 15) is 9.90 Å². The highest BCUT2D eigenvalue weighted by atomic mass is 35.5. The monoisotopic (exact) mass is 397 g/mol. The summed E-state index contributed by atoms with van der Waals surface area (Å²) >= 11 is 5.90. The lowest BCUT2D eigenvalue weighted by molar-refractivity contribution is 0.104. The molecule has 0 radical (unpaired) electrons. The van der Waals surface area contributed by atoms with Crippen molar-refractivity contribution in [2.75, 3.05) is 27.2 Å². The van der Waals surface area contributed by atoms with Crippen molar-refractivity contribution in [3.05, 3.63) is 69.8 Å². The fourth-order valence-electron chi connectivity index (χ4n) is 3.40. The number of aryl methyl sites for hydroxylation is 1. The lowest BCUT2D eigenvalue weighted by Gasteiger charge is -2.24. The van der Waals surface area contributed by atoms with Gasteiger partial charge in [0.2, 0.25) is 0 Å². The van der Waals surface area contributed by atoms with E-state index in [1.165, 1.54) is 13.2 Å². The van der Waals surface area contributed by atoms with Crippen LogP contribution >= 0.6 is 11.6 Å². The number of rotatable bonds is 5. The lowest BCUT2D eigenvalue weighted by atomic mass is 9.91. The molecule has 0 spiro atoms. The van der Waals surface area contributed by atoms with Crippen molar-refractivity contribution in [1.82, 2.24) is 4.90 Å². The maximum Gasteiger partial charge on any atom is 0.193 e. The van der Waals surface area contributed by atoms with Crippen molar-refractivity contribution in [3.63, 3.8) is 0 Å². The Hall–Kier alpha value is -2.56. The topological polar surface area (TPSA) is 49.8 Å². The Morgan fingerprint density at radius 1 is 1.29 bits per heavy atom. The first-order chi connectivity index (χ1) is 13.4. The van der Waals surface area contributed by atoms with Crippen LogP contribution in [0.4, 0.5) is 0 Å². The number of hydrogen-bond acceptors (Lipinski definition) is 4. The number of hydrogen-bond donors (Lipinski definition) is 1. The molecule has 28 heavy (non-hydrogen) atoms.